The lowest BCUT2D eigenvalue weighted by atomic mass is 9.80. The first kappa shape index (κ1) is 17.7. The third kappa shape index (κ3) is 4.45. The van der Waals surface area contributed by atoms with Gasteiger partial charge in [0, 0.05) is 5.92 Å². The first-order chi connectivity index (χ1) is 10.7. The molecule has 3 atom stereocenters. The number of hydrogen-bond acceptors (Lipinski definition) is 4. The van der Waals surface area contributed by atoms with Crippen LogP contribution in [-0.2, 0) is 4.79 Å². The monoisotopic (exact) mass is 333 g/mol. The van der Waals surface area contributed by atoms with Crippen LogP contribution >= 0.6 is 0 Å². The summed E-state index contributed by atoms with van der Waals surface area (Å²) in [6.07, 6.45) is -3.40. The molecular formula is C15H22F3N3O2. The van der Waals surface area contributed by atoms with Crippen molar-refractivity contribution >= 4 is 5.91 Å². The van der Waals surface area contributed by atoms with Gasteiger partial charge in [0.15, 0.2) is 5.82 Å². The quantitative estimate of drug-likeness (QED) is 0.915. The van der Waals surface area contributed by atoms with Crippen molar-refractivity contribution < 1.29 is 22.5 Å². The Labute approximate surface area is 133 Å². The van der Waals surface area contributed by atoms with Crippen LogP contribution in [0.1, 0.15) is 57.3 Å². The number of aromatic nitrogens is 2. The first-order valence-corrected chi connectivity index (χ1v) is 7.85. The van der Waals surface area contributed by atoms with Gasteiger partial charge in [-0.1, -0.05) is 25.4 Å². The Hall–Kier alpha value is -1.60. The lowest BCUT2D eigenvalue weighted by molar-refractivity contribution is -0.186. The summed E-state index contributed by atoms with van der Waals surface area (Å²) in [5.41, 5.74) is 0. The summed E-state index contributed by atoms with van der Waals surface area (Å²) in [6, 6.07) is -0.491. The smallest absolute Gasteiger partial charge is 0.344 e. The van der Waals surface area contributed by atoms with E-state index in [0.29, 0.717) is 18.7 Å². The van der Waals surface area contributed by atoms with Crippen LogP contribution in [0.4, 0.5) is 13.2 Å². The zero-order valence-corrected chi connectivity index (χ0v) is 13.5. The Morgan fingerprint density at radius 2 is 2.04 bits per heavy atom. The van der Waals surface area contributed by atoms with Crippen LogP contribution in [0.5, 0.6) is 0 Å². The van der Waals surface area contributed by atoms with Crippen LogP contribution in [0, 0.1) is 24.7 Å². The molecule has 1 saturated carbocycles. The molecule has 1 aromatic heterocycles. The molecule has 1 aromatic rings. The molecule has 0 bridgehead atoms. The van der Waals surface area contributed by atoms with Gasteiger partial charge in [-0.25, -0.2) is 0 Å². The van der Waals surface area contributed by atoms with E-state index in [-0.39, 0.29) is 30.6 Å². The average Bonchev–Trinajstić information content (AvgIpc) is 2.89. The molecule has 1 aliphatic carbocycles. The second-order valence-electron chi connectivity index (χ2n) is 6.51. The number of amides is 1. The van der Waals surface area contributed by atoms with Gasteiger partial charge in [-0.3, -0.25) is 4.79 Å². The summed E-state index contributed by atoms with van der Waals surface area (Å²) < 4.78 is 43.7. The average molecular weight is 333 g/mol. The second-order valence-corrected chi connectivity index (χ2v) is 6.51. The highest BCUT2D eigenvalue weighted by atomic mass is 19.4. The Bertz CT molecular complexity index is 542. The predicted molar refractivity (Wildman–Crippen MR) is 76.3 cm³/mol. The normalized spacial score (nSPS) is 23.8. The van der Waals surface area contributed by atoms with Crippen molar-refractivity contribution in [2.24, 2.45) is 17.8 Å². The van der Waals surface area contributed by atoms with Crippen molar-refractivity contribution in [3.8, 4) is 0 Å². The minimum Gasteiger partial charge on any atom is -0.344 e. The zero-order valence-electron chi connectivity index (χ0n) is 13.5. The second kappa shape index (κ2) is 6.88. The molecule has 0 aliphatic heterocycles. The molecule has 0 spiro atoms. The molecule has 0 unspecified atom stereocenters. The summed E-state index contributed by atoms with van der Waals surface area (Å²) >= 11 is 0. The Morgan fingerprint density at radius 1 is 1.35 bits per heavy atom. The molecule has 8 heteroatoms. The first-order valence-electron chi connectivity index (χ1n) is 7.85. The summed E-state index contributed by atoms with van der Waals surface area (Å²) in [4.78, 5) is 16.5. The summed E-state index contributed by atoms with van der Waals surface area (Å²) in [5.74, 6) is -1.66. The van der Waals surface area contributed by atoms with Gasteiger partial charge < -0.3 is 9.84 Å². The predicted octanol–water partition coefficient (Wildman–Crippen LogP) is 3.56. The minimum atomic E-state index is -4.24. The van der Waals surface area contributed by atoms with Gasteiger partial charge in [0.2, 0.25) is 11.8 Å². The SMILES string of the molecule is Cc1noc([C@H](NC(=O)[C@@H]2CCC[C@H](C(F)(F)F)C2)C(C)C)n1. The lowest BCUT2D eigenvalue weighted by Gasteiger charge is -2.31. The molecule has 1 heterocycles. The third-order valence-electron chi connectivity index (χ3n) is 4.28. The van der Waals surface area contributed by atoms with Crippen LogP contribution in [0.15, 0.2) is 4.52 Å². The van der Waals surface area contributed by atoms with Crippen LogP contribution < -0.4 is 5.32 Å². The topological polar surface area (TPSA) is 68.0 Å². The van der Waals surface area contributed by atoms with Gasteiger partial charge in [-0.05, 0) is 32.1 Å². The molecule has 23 heavy (non-hydrogen) atoms. The van der Waals surface area contributed by atoms with Gasteiger partial charge in [0.1, 0.15) is 6.04 Å². The molecular weight excluding hydrogens is 311 g/mol. The van der Waals surface area contributed by atoms with Crippen LogP contribution in [0.2, 0.25) is 0 Å². The highest BCUT2D eigenvalue weighted by Crippen LogP contribution is 2.40. The molecule has 1 fully saturated rings. The van der Waals surface area contributed by atoms with Crippen LogP contribution in [-0.4, -0.2) is 22.2 Å². The number of carbonyl (C=O) groups excluding carboxylic acids is 1. The highest BCUT2D eigenvalue weighted by molar-refractivity contribution is 5.79. The number of rotatable bonds is 4. The van der Waals surface area contributed by atoms with E-state index in [1.165, 1.54) is 0 Å². The number of nitrogens with zero attached hydrogens (tertiary/aromatic N) is 2. The standard InChI is InChI=1S/C15H22F3N3O2/c1-8(2)12(14-19-9(3)21-23-14)20-13(22)10-5-4-6-11(7-10)15(16,17)18/h8,10-12H,4-7H2,1-3H3,(H,20,22)/t10-,11+,12-/m1/s1. The fourth-order valence-electron chi connectivity index (χ4n) is 2.95. The van der Waals surface area contributed by atoms with Crippen molar-refractivity contribution in [2.75, 3.05) is 0 Å². The van der Waals surface area contributed by atoms with Crippen LogP contribution in [0.25, 0.3) is 0 Å². The van der Waals surface area contributed by atoms with Crippen molar-refractivity contribution in [2.45, 2.75) is 58.7 Å². The lowest BCUT2D eigenvalue weighted by Crippen LogP contribution is -2.40. The third-order valence-corrected chi connectivity index (χ3v) is 4.28. The molecule has 5 nitrogen and oxygen atoms in total. The van der Waals surface area contributed by atoms with E-state index in [4.69, 9.17) is 4.52 Å². The number of carbonyl (C=O) groups is 1. The number of aryl methyl sites for hydroxylation is 1. The van der Waals surface area contributed by atoms with Gasteiger partial charge >= 0.3 is 6.18 Å². The Balaban J connectivity index is 2.04. The van der Waals surface area contributed by atoms with Gasteiger partial charge in [-0.2, -0.15) is 18.2 Å². The van der Waals surface area contributed by atoms with E-state index in [2.05, 4.69) is 15.5 Å². The van der Waals surface area contributed by atoms with Crippen LogP contribution in [0.3, 0.4) is 0 Å². The molecule has 2 rings (SSSR count). The van der Waals surface area contributed by atoms with Crippen molar-refractivity contribution in [1.82, 2.24) is 15.5 Å². The number of hydrogen-bond donors (Lipinski definition) is 1. The van der Waals surface area contributed by atoms with E-state index in [9.17, 15) is 18.0 Å². The Morgan fingerprint density at radius 3 is 2.57 bits per heavy atom. The highest BCUT2D eigenvalue weighted by Gasteiger charge is 2.44. The number of nitrogens with one attached hydrogen (secondary N) is 1. The molecule has 0 aromatic carbocycles. The fourth-order valence-corrected chi connectivity index (χ4v) is 2.95. The largest absolute Gasteiger partial charge is 0.391 e. The zero-order chi connectivity index (χ0) is 17.2. The molecule has 130 valence electrons. The number of alkyl halides is 3. The van der Waals surface area contributed by atoms with E-state index in [1.54, 1.807) is 6.92 Å². The summed E-state index contributed by atoms with van der Waals surface area (Å²) in [6.45, 7) is 5.43. The van der Waals surface area contributed by atoms with Gasteiger partial charge in [-0.15, -0.1) is 0 Å². The maximum atomic E-state index is 12.9. The van der Waals surface area contributed by atoms with E-state index in [0.717, 1.165) is 0 Å². The molecule has 1 aliphatic rings. The molecule has 0 radical (unpaired) electrons. The van der Waals surface area contributed by atoms with Crippen molar-refractivity contribution in [1.29, 1.82) is 0 Å². The van der Waals surface area contributed by atoms with Crippen molar-refractivity contribution in [3.63, 3.8) is 0 Å². The molecule has 1 amide bonds. The summed E-state index contributed by atoms with van der Waals surface area (Å²) in [7, 11) is 0. The maximum absolute atomic E-state index is 12.9. The van der Waals surface area contributed by atoms with E-state index in [1.807, 2.05) is 13.8 Å². The number of halogens is 3. The van der Waals surface area contributed by atoms with Gasteiger partial charge in [0.25, 0.3) is 0 Å². The molecule has 1 N–H and O–H groups in total. The van der Waals surface area contributed by atoms with E-state index < -0.39 is 24.1 Å². The maximum Gasteiger partial charge on any atom is 0.391 e. The fraction of sp³-hybridized carbons (Fsp3) is 0.800. The minimum absolute atomic E-state index is 0.0131. The molecule has 0 saturated heterocycles. The summed E-state index contributed by atoms with van der Waals surface area (Å²) in [5, 5.41) is 6.48. The van der Waals surface area contributed by atoms with Gasteiger partial charge in [0.05, 0.1) is 5.92 Å². The Kier molecular flexibility index (Phi) is 5.31. The van der Waals surface area contributed by atoms with Crippen molar-refractivity contribution in [3.05, 3.63) is 11.7 Å². The van der Waals surface area contributed by atoms with E-state index >= 15 is 0 Å².